The predicted molar refractivity (Wildman–Crippen MR) is 201 cm³/mol. The molecule has 2 saturated heterocycles. The Hall–Kier alpha value is -4.54. The molecule has 2 aromatic rings. The van der Waals surface area contributed by atoms with Gasteiger partial charge >= 0.3 is 24.5 Å². The minimum atomic E-state index is -3.07. The van der Waals surface area contributed by atoms with Gasteiger partial charge in [0.25, 0.3) is 5.91 Å². The number of nitrogens with one attached hydrogen (secondary N) is 2. The van der Waals surface area contributed by atoms with Gasteiger partial charge in [0.05, 0.1) is 12.7 Å². The highest BCUT2D eigenvalue weighted by molar-refractivity contribution is 7.45. The van der Waals surface area contributed by atoms with E-state index in [0.717, 1.165) is 18.6 Å². The summed E-state index contributed by atoms with van der Waals surface area (Å²) >= 11 is 0. The van der Waals surface area contributed by atoms with Crippen molar-refractivity contribution in [2.75, 3.05) is 51.3 Å². The average molecular weight is 787 g/mol. The Morgan fingerprint density at radius 1 is 1.02 bits per heavy atom. The first-order chi connectivity index (χ1) is 26.6. The molecule has 1 aromatic heterocycles. The quantitative estimate of drug-likeness (QED) is 0.0908. The number of rotatable bonds is 19. The Balaban J connectivity index is 1.70. The van der Waals surface area contributed by atoms with Crippen LogP contribution in [0.15, 0.2) is 36.4 Å². The molecule has 4 rings (SSSR count). The number of hydrogen-bond acceptors (Lipinski definition) is 15. The van der Waals surface area contributed by atoms with Crippen LogP contribution in [-0.4, -0.2) is 121 Å². The number of unbranched alkanes of at least 4 members (excludes halogenated alkanes) is 1. The van der Waals surface area contributed by atoms with E-state index in [0.29, 0.717) is 50.3 Å². The fourth-order valence-electron chi connectivity index (χ4n) is 5.78. The summed E-state index contributed by atoms with van der Waals surface area (Å²) < 4.78 is 26.6. The van der Waals surface area contributed by atoms with Gasteiger partial charge in [-0.1, -0.05) is 62.0 Å². The van der Waals surface area contributed by atoms with Crippen LogP contribution in [-0.2, 0) is 37.9 Å². The lowest BCUT2D eigenvalue weighted by Gasteiger charge is -2.35. The number of aromatic nitrogens is 2. The first kappa shape index (κ1) is 43.2. The molecule has 0 bridgehead atoms. The highest BCUT2D eigenvalue weighted by Crippen LogP contribution is 2.25. The number of ketones is 1. The van der Waals surface area contributed by atoms with Gasteiger partial charge in [-0.25, -0.2) is 14.8 Å². The highest BCUT2D eigenvalue weighted by atomic mass is 31.1. The molecule has 2 fully saturated rings. The molecule has 3 heterocycles. The SMILES string of the molecule is CCCCOC(=O)N1CCNCC1C(=O)[C@H](/C=[P+](\[O-])OC(OC(=O)CCC)OC(=O)CCC)NC(=O)c1cc(N2CC[C@H](OC)C2)nc(-c2ccccc2)n1. The highest BCUT2D eigenvalue weighted by Gasteiger charge is 2.39. The van der Waals surface area contributed by atoms with Crippen molar-refractivity contribution >= 4 is 49.3 Å². The van der Waals surface area contributed by atoms with Crippen LogP contribution in [0.4, 0.5) is 10.6 Å². The number of nitrogens with zero attached hydrogens (tertiary/aromatic N) is 4. The summed E-state index contributed by atoms with van der Waals surface area (Å²) in [5.74, 6) is -1.45. The number of benzene rings is 1. The van der Waals surface area contributed by atoms with Gasteiger partial charge in [0.2, 0.25) is 8.00 Å². The van der Waals surface area contributed by atoms with Gasteiger partial charge in [-0.3, -0.25) is 24.1 Å². The third kappa shape index (κ3) is 13.0. The second-order valence-electron chi connectivity index (χ2n) is 12.9. The molecule has 1 aromatic carbocycles. The second kappa shape index (κ2) is 22.1. The van der Waals surface area contributed by atoms with E-state index in [4.69, 9.17) is 28.5 Å². The molecule has 2 aliphatic rings. The molecule has 2 N–H and O–H groups in total. The molecule has 17 nitrogen and oxygen atoms in total. The fourth-order valence-corrected chi connectivity index (χ4v) is 6.57. The molecule has 0 saturated carbocycles. The van der Waals surface area contributed by atoms with Crippen LogP contribution in [0, 0.1) is 0 Å². The zero-order valence-corrected chi connectivity index (χ0v) is 32.7. The smallest absolute Gasteiger partial charge is 0.410 e. The van der Waals surface area contributed by atoms with Crippen LogP contribution < -0.4 is 20.4 Å². The Bertz CT molecular complexity index is 1630. The van der Waals surface area contributed by atoms with E-state index in [1.165, 1.54) is 11.0 Å². The molecular weight excluding hydrogens is 735 g/mol. The van der Waals surface area contributed by atoms with E-state index in [9.17, 15) is 28.9 Å². The number of hydrogen-bond donors (Lipinski definition) is 2. The van der Waals surface area contributed by atoms with E-state index >= 15 is 0 Å². The van der Waals surface area contributed by atoms with Crippen LogP contribution in [0.25, 0.3) is 11.4 Å². The zero-order valence-electron chi connectivity index (χ0n) is 31.8. The Morgan fingerprint density at radius 3 is 2.36 bits per heavy atom. The van der Waals surface area contributed by atoms with Gasteiger partial charge in [-0.15, -0.1) is 0 Å². The number of Topliss-reactive ketones (excluding diaryl/α,β-unsaturated/α-hetero) is 1. The molecule has 4 atom stereocenters. The monoisotopic (exact) mass is 786 g/mol. The van der Waals surface area contributed by atoms with Crippen molar-refractivity contribution in [3.63, 3.8) is 0 Å². The largest absolute Gasteiger partial charge is 0.603 e. The maximum atomic E-state index is 14.3. The van der Waals surface area contributed by atoms with E-state index in [2.05, 4.69) is 15.6 Å². The first-order valence-electron chi connectivity index (χ1n) is 18.6. The summed E-state index contributed by atoms with van der Waals surface area (Å²) in [5.41, 5.74) is 0.549. The van der Waals surface area contributed by atoms with Crippen molar-refractivity contribution in [1.29, 1.82) is 0 Å². The lowest BCUT2D eigenvalue weighted by Crippen LogP contribution is -2.61. The standard InChI is InChI=1S/C37H51N6O11P/c1-5-8-20-51-36(48)43-19-17-38-22-29(43)33(46)28(24-55(49)54-37(52-31(44)12-6-2)53-32(45)13-7-3)40-35(47)27-21-30(42-18-16-26(23-42)50-4)41-34(39-27)25-14-10-9-11-15-25/h9-11,14-15,21,24,26,28-29,37-38H,5-8,12-13,16-20,22-23H2,1-4H3,(H,40,47)/t26-,28-,29?/m0/s1. The molecule has 300 valence electrons. The lowest BCUT2D eigenvalue weighted by atomic mass is 10.0. The topological polar surface area (TPSA) is 211 Å². The molecule has 18 heteroatoms. The number of carbonyl (C=O) groups excluding carboxylic acids is 5. The van der Waals surface area contributed by atoms with Crippen molar-refractivity contribution in [2.24, 2.45) is 0 Å². The maximum Gasteiger partial charge on any atom is 0.410 e. The van der Waals surface area contributed by atoms with Gasteiger partial charge in [0.1, 0.15) is 23.4 Å². The second-order valence-corrected chi connectivity index (χ2v) is 14.0. The average Bonchev–Trinajstić information content (AvgIpc) is 3.67. The Kier molecular flexibility index (Phi) is 17.4. The number of ether oxygens (including phenoxy) is 4. The molecular formula is C37H51N6O11P. The van der Waals surface area contributed by atoms with Gasteiger partial charge < -0.3 is 39.4 Å². The number of esters is 2. The molecule has 2 unspecified atom stereocenters. The van der Waals surface area contributed by atoms with Crippen LogP contribution in [0.3, 0.4) is 0 Å². The number of anilines is 1. The van der Waals surface area contributed by atoms with Gasteiger partial charge in [0.15, 0.2) is 17.6 Å². The minimum absolute atomic E-state index is 0.0108. The third-order valence-corrected chi connectivity index (χ3v) is 9.65. The summed E-state index contributed by atoms with van der Waals surface area (Å²) in [4.78, 5) is 92.3. The molecule has 0 aliphatic carbocycles. The number of carbonyl (C=O) groups is 5. The molecule has 0 spiro atoms. The van der Waals surface area contributed by atoms with Crippen LogP contribution >= 0.6 is 8.00 Å². The third-order valence-electron chi connectivity index (χ3n) is 8.73. The van der Waals surface area contributed by atoms with Crippen LogP contribution in [0.1, 0.15) is 76.2 Å². The van der Waals surface area contributed by atoms with Crippen molar-refractivity contribution in [3.8, 4) is 11.4 Å². The van der Waals surface area contributed by atoms with E-state index in [-0.39, 0.29) is 50.2 Å². The zero-order chi connectivity index (χ0) is 39.7. The molecule has 55 heavy (non-hydrogen) atoms. The fraction of sp³-hybridized carbons (Fsp3) is 0.568. The normalized spacial score (nSPS) is 17.8. The molecule has 2 amide bonds. The first-order valence-corrected chi connectivity index (χ1v) is 19.9. The van der Waals surface area contributed by atoms with Gasteiger partial charge in [-0.2, -0.15) is 0 Å². The Labute approximate surface area is 321 Å². The van der Waals surface area contributed by atoms with E-state index < -0.39 is 56.3 Å². The summed E-state index contributed by atoms with van der Waals surface area (Å²) in [5, 5.41) is 5.70. The minimum Gasteiger partial charge on any atom is -0.603 e. The van der Waals surface area contributed by atoms with Crippen molar-refractivity contribution < 1.29 is 52.3 Å². The van der Waals surface area contributed by atoms with Crippen molar-refractivity contribution in [2.45, 2.75) is 90.4 Å². The van der Waals surface area contributed by atoms with Gasteiger partial charge in [-0.05, 0) is 25.7 Å². The number of piperazine rings is 1. The summed E-state index contributed by atoms with van der Waals surface area (Å²) in [6, 6.07) is 7.75. The molecule has 2 aliphatic heterocycles. The molecule has 0 radical (unpaired) electrons. The van der Waals surface area contributed by atoms with Crippen LogP contribution in [0.2, 0.25) is 0 Å². The van der Waals surface area contributed by atoms with E-state index in [1.54, 1.807) is 33.1 Å². The van der Waals surface area contributed by atoms with Gasteiger partial charge in [0, 0.05) is 64.3 Å². The van der Waals surface area contributed by atoms with E-state index in [1.807, 2.05) is 30.0 Å². The van der Waals surface area contributed by atoms with Crippen molar-refractivity contribution in [3.05, 3.63) is 42.1 Å². The summed E-state index contributed by atoms with van der Waals surface area (Å²) in [6.45, 7) is 5.25. The summed E-state index contributed by atoms with van der Waals surface area (Å²) in [7, 11) is -1.44. The Morgan fingerprint density at radius 2 is 1.73 bits per heavy atom. The maximum absolute atomic E-state index is 14.3. The predicted octanol–water partition coefficient (Wildman–Crippen LogP) is 2.71. The summed E-state index contributed by atoms with van der Waals surface area (Å²) in [6.07, 6.45) is 2.20. The number of methoxy groups -OCH3 is 1. The van der Waals surface area contributed by atoms with Crippen molar-refractivity contribution in [1.82, 2.24) is 25.5 Å². The number of amides is 2. The van der Waals surface area contributed by atoms with Crippen LogP contribution in [0.5, 0.6) is 0 Å². The lowest BCUT2D eigenvalue weighted by molar-refractivity contribution is -0.253.